The third-order valence-electron chi connectivity index (χ3n) is 1.96. The maximum atomic E-state index is 8.80. The molecule has 66 valence electrons. The van der Waals surface area contributed by atoms with Crippen molar-refractivity contribution < 1.29 is 5.11 Å². The summed E-state index contributed by atoms with van der Waals surface area (Å²) in [6, 6.07) is 4.01. The minimum atomic E-state index is 0.278. The quantitative estimate of drug-likeness (QED) is 0.735. The molecular weight excluding hydrogens is 150 g/mol. The van der Waals surface area contributed by atoms with Crippen LogP contribution in [0.1, 0.15) is 18.9 Å². The number of hydrogen-bond donors (Lipinski definition) is 1. The van der Waals surface area contributed by atoms with Crippen LogP contribution in [0.2, 0.25) is 0 Å². The molecule has 0 saturated carbocycles. The molecule has 1 rings (SSSR count). The van der Waals surface area contributed by atoms with Crippen LogP contribution in [-0.4, -0.2) is 16.7 Å². The average Bonchev–Trinajstić information content (AvgIpc) is 2.16. The zero-order valence-electron chi connectivity index (χ0n) is 7.40. The number of pyridine rings is 1. The Kier molecular flexibility index (Phi) is 3.74. The summed E-state index contributed by atoms with van der Waals surface area (Å²) in [6.45, 7) is 2.33. The first-order chi connectivity index (χ1) is 5.83. The Balaban J connectivity index is 2.33. The Morgan fingerprint density at radius 1 is 1.58 bits per heavy atom. The lowest BCUT2D eigenvalue weighted by molar-refractivity contribution is 0.230. The number of nitrogens with zero attached hydrogens (tertiary/aromatic N) is 1. The van der Waals surface area contributed by atoms with Gasteiger partial charge in [-0.15, -0.1) is 0 Å². The van der Waals surface area contributed by atoms with Crippen molar-refractivity contribution in [1.82, 2.24) is 4.98 Å². The van der Waals surface area contributed by atoms with E-state index >= 15 is 0 Å². The number of aromatic nitrogens is 1. The zero-order chi connectivity index (χ0) is 8.81. The molecule has 1 aromatic heterocycles. The molecule has 1 unspecified atom stereocenters. The van der Waals surface area contributed by atoms with Gasteiger partial charge in [-0.25, -0.2) is 0 Å². The van der Waals surface area contributed by atoms with Crippen LogP contribution in [0.5, 0.6) is 0 Å². The second-order valence-corrected chi connectivity index (χ2v) is 3.19. The summed E-state index contributed by atoms with van der Waals surface area (Å²) in [6.07, 6.45) is 5.70. The van der Waals surface area contributed by atoms with Crippen molar-refractivity contribution in [3.05, 3.63) is 30.1 Å². The Bertz CT molecular complexity index is 210. The van der Waals surface area contributed by atoms with Crippen molar-refractivity contribution >= 4 is 0 Å². The van der Waals surface area contributed by atoms with Crippen LogP contribution in [0, 0.1) is 5.92 Å². The highest BCUT2D eigenvalue weighted by Crippen LogP contribution is 2.07. The van der Waals surface area contributed by atoms with E-state index in [1.807, 2.05) is 12.3 Å². The molecule has 0 aliphatic heterocycles. The van der Waals surface area contributed by atoms with E-state index in [4.69, 9.17) is 5.11 Å². The summed E-state index contributed by atoms with van der Waals surface area (Å²) in [4.78, 5) is 4.03. The third-order valence-corrected chi connectivity index (χ3v) is 1.96. The molecule has 1 atom stereocenters. The van der Waals surface area contributed by atoms with E-state index in [1.165, 1.54) is 5.56 Å². The van der Waals surface area contributed by atoms with E-state index in [9.17, 15) is 0 Å². The van der Waals surface area contributed by atoms with Crippen LogP contribution < -0.4 is 0 Å². The molecular formula is C10H15NO. The van der Waals surface area contributed by atoms with Crippen molar-refractivity contribution in [2.24, 2.45) is 5.92 Å². The highest BCUT2D eigenvalue weighted by molar-refractivity contribution is 5.08. The van der Waals surface area contributed by atoms with Gasteiger partial charge in [0.25, 0.3) is 0 Å². The summed E-state index contributed by atoms with van der Waals surface area (Å²) in [5.41, 5.74) is 1.25. The lowest BCUT2D eigenvalue weighted by Crippen LogP contribution is -2.02. The number of aliphatic hydroxyl groups is 1. The Hall–Kier alpha value is -0.890. The van der Waals surface area contributed by atoms with Crippen LogP contribution in [-0.2, 0) is 6.42 Å². The lowest BCUT2D eigenvalue weighted by atomic mass is 10.0. The van der Waals surface area contributed by atoms with E-state index in [2.05, 4.69) is 18.0 Å². The van der Waals surface area contributed by atoms with E-state index in [0.717, 1.165) is 12.8 Å². The second-order valence-electron chi connectivity index (χ2n) is 3.19. The highest BCUT2D eigenvalue weighted by Gasteiger charge is 1.99. The van der Waals surface area contributed by atoms with Crippen molar-refractivity contribution in [2.45, 2.75) is 19.8 Å². The van der Waals surface area contributed by atoms with Gasteiger partial charge in [-0.3, -0.25) is 4.98 Å². The number of rotatable bonds is 4. The van der Waals surface area contributed by atoms with Gasteiger partial charge in [0.2, 0.25) is 0 Å². The smallest absolute Gasteiger partial charge is 0.0456 e. The van der Waals surface area contributed by atoms with Gasteiger partial charge in [0.05, 0.1) is 0 Å². The molecule has 0 radical (unpaired) electrons. The van der Waals surface area contributed by atoms with Crippen LogP contribution in [0.25, 0.3) is 0 Å². The molecule has 0 aliphatic rings. The summed E-state index contributed by atoms with van der Waals surface area (Å²) < 4.78 is 0. The molecule has 0 saturated heterocycles. The van der Waals surface area contributed by atoms with Gasteiger partial charge in [0.15, 0.2) is 0 Å². The monoisotopic (exact) mass is 165 g/mol. The molecule has 0 aromatic carbocycles. The van der Waals surface area contributed by atoms with Crippen LogP contribution in [0.4, 0.5) is 0 Å². The summed E-state index contributed by atoms with van der Waals surface area (Å²) in [5.74, 6) is 0.394. The molecule has 1 heterocycles. The SMILES string of the molecule is CC(CO)CCc1cccnc1. The molecule has 2 heteroatoms. The average molecular weight is 165 g/mol. The first kappa shape index (κ1) is 9.20. The molecule has 2 nitrogen and oxygen atoms in total. The van der Waals surface area contributed by atoms with Crippen molar-refractivity contribution in [3.63, 3.8) is 0 Å². The van der Waals surface area contributed by atoms with Gasteiger partial charge in [0.1, 0.15) is 0 Å². The van der Waals surface area contributed by atoms with Gasteiger partial charge in [-0.05, 0) is 30.4 Å². The molecule has 1 N–H and O–H groups in total. The second kappa shape index (κ2) is 4.88. The molecule has 0 spiro atoms. The summed E-state index contributed by atoms with van der Waals surface area (Å²) >= 11 is 0. The van der Waals surface area contributed by atoms with Gasteiger partial charge < -0.3 is 5.11 Å². The minimum absolute atomic E-state index is 0.278. The Morgan fingerprint density at radius 2 is 2.42 bits per heavy atom. The van der Waals surface area contributed by atoms with E-state index in [1.54, 1.807) is 6.20 Å². The fraction of sp³-hybridized carbons (Fsp3) is 0.500. The third kappa shape index (κ3) is 3.01. The van der Waals surface area contributed by atoms with Gasteiger partial charge in [0, 0.05) is 19.0 Å². The van der Waals surface area contributed by atoms with Crippen LogP contribution in [0.15, 0.2) is 24.5 Å². The fourth-order valence-corrected chi connectivity index (χ4v) is 1.05. The topological polar surface area (TPSA) is 33.1 Å². The van der Waals surface area contributed by atoms with Crippen LogP contribution in [0.3, 0.4) is 0 Å². The predicted molar refractivity (Wildman–Crippen MR) is 48.8 cm³/mol. The van der Waals surface area contributed by atoms with E-state index in [-0.39, 0.29) is 6.61 Å². The number of aliphatic hydroxyl groups excluding tert-OH is 1. The van der Waals surface area contributed by atoms with E-state index in [0.29, 0.717) is 5.92 Å². The fourth-order valence-electron chi connectivity index (χ4n) is 1.05. The molecule has 0 fully saturated rings. The standard InChI is InChI=1S/C10H15NO/c1-9(8-12)4-5-10-3-2-6-11-7-10/h2-3,6-7,9,12H,4-5,8H2,1H3. The predicted octanol–water partition coefficient (Wildman–Crippen LogP) is 1.64. The van der Waals surface area contributed by atoms with Gasteiger partial charge in [-0.1, -0.05) is 13.0 Å². The zero-order valence-corrected chi connectivity index (χ0v) is 7.40. The largest absolute Gasteiger partial charge is 0.396 e. The normalized spacial score (nSPS) is 12.8. The first-order valence-corrected chi connectivity index (χ1v) is 4.32. The summed E-state index contributed by atoms with van der Waals surface area (Å²) in [5, 5.41) is 8.80. The minimum Gasteiger partial charge on any atom is -0.396 e. The molecule has 12 heavy (non-hydrogen) atoms. The summed E-state index contributed by atoms with van der Waals surface area (Å²) in [7, 11) is 0. The molecule has 1 aromatic rings. The van der Waals surface area contributed by atoms with Crippen molar-refractivity contribution in [1.29, 1.82) is 0 Å². The molecule has 0 aliphatic carbocycles. The first-order valence-electron chi connectivity index (χ1n) is 4.32. The Morgan fingerprint density at radius 3 is 3.00 bits per heavy atom. The molecule has 0 bridgehead atoms. The molecule has 0 amide bonds. The number of aryl methyl sites for hydroxylation is 1. The number of hydrogen-bond acceptors (Lipinski definition) is 2. The lowest BCUT2D eigenvalue weighted by Gasteiger charge is -2.06. The van der Waals surface area contributed by atoms with Crippen LogP contribution >= 0.6 is 0 Å². The van der Waals surface area contributed by atoms with Crippen molar-refractivity contribution in [2.75, 3.05) is 6.61 Å². The van der Waals surface area contributed by atoms with E-state index < -0.39 is 0 Å². The van der Waals surface area contributed by atoms with Gasteiger partial charge >= 0.3 is 0 Å². The van der Waals surface area contributed by atoms with Gasteiger partial charge in [-0.2, -0.15) is 0 Å². The Labute approximate surface area is 73.3 Å². The maximum absolute atomic E-state index is 8.80. The highest BCUT2D eigenvalue weighted by atomic mass is 16.3. The maximum Gasteiger partial charge on any atom is 0.0456 e. The van der Waals surface area contributed by atoms with Crippen molar-refractivity contribution in [3.8, 4) is 0 Å².